The number of Topliss-reactive ketones (excluding diaryl/α,β-unsaturated/α-hetero) is 1. The maximum absolute atomic E-state index is 12.8. The van der Waals surface area contributed by atoms with E-state index < -0.39 is 18.2 Å². The van der Waals surface area contributed by atoms with Gasteiger partial charge in [0.25, 0.3) is 0 Å². The molecule has 1 N–H and O–H groups in total. The van der Waals surface area contributed by atoms with E-state index in [0.29, 0.717) is 5.57 Å². The Morgan fingerprint density at radius 3 is 2.63 bits per heavy atom. The number of ether oxygens (including phenoxy) is 2. The molecule has 0 amide bonds. The van der Waals surface area contributed by atoms with Gasteiger partial charge in [0.1, 0.15) is 6.10 Å². The van der Waals surface area contributed by atoms with Crippen molar-refractivity contribution in [1.82, 2.24) is 0 Å². The Morgan fingerprint density at radius 1 is 1.37 bits per heavy atom. The summed E-state index contributed by atoms with van der Waals surface area (Å²) >= 11 is 0. The van der Waals surface area contributed by atoms with Crippen LogP contribution in [0.15, 0.2) is 29.8 Å². The first kappa shape index (κ1) is 13.5. The maximum atomic E-state index is 12.8. The van der Waals surface area contributed by atoms with Crippen molar-refractivity contribution < 1.29 is 28.2 Å². The van der Waals surface area contributed by atoms with E-state index in [0.717, 1.165) is 0 Å². The fourth-order valence-corrected chi connectivity index (χ4v) is 1.64. The molecule has 0 bridgehead atoms. The monoisotopic (exact) mass is 270 g/mol. The molecule has 0 aliphatic carbocycles. The van der Waals surface area contributed by atoms with Gasteiger partial charge in [0.15, 0.2) is 17.3 Å². The van der Waals surface area contributed by atoms with Crippen LogP contribution in [0, 0.1) is 0 Å². The number of alkyl halides is 2. The van der Waals surface area contributed by atoms with E-state index in [4.69, 9.17) is 0 Å². The summed E-state index contributed by atoms with van der Waals surface area (Å²) < 4.78 is 34.1. The molecular formula is C13H12F2O4. The van der Waals surface area contributed by atoms with Crippen molar-refractivity contribution in [3.05, 3.63) is 35.4 Å². The molecule has 0 aromatic heterocycles. The van der Waals surface area contributed by atoms with Crippen LogP contribution < -0.4 is 9.47 Å². The number of halogens is 2. The zero-order valence-corrected chi connectivity index (χ0v) is 10.3. The zero-order chi connectivity index (χ0) is 14.2. The molecule has 4 nitrogen and oxygen atoms in total. The molecule has 1 aliphatic heterocycles. The number of aliphatic hydroxyl groups excluding tert-OH is 1. The first-order chi connectivity index (χ1) is 8.84. The SMILES string of the molecule is C/C=C(\C)C(=O)C(O)c1ccc2c(c1)OC(F)(F)O2. The van der Waals surface area contributed by atoms with E-state index in [-0.39, 0.29) is 17.1 Å². The third-order valence-electron chi connectivity index (χ3n) is 2.81. The average molecular weight is 270 g/mol. The van der Waals surface area contributed by atoms with Gasteiger partial charge in [-0.15, -0.1) is 8.78 Å². The zero-order valence-electron chi connectivity index (χ0n) is 10.3. The van der Waals surface area contributed by atoms with E-state index in [1.807, 2.05) is 0 Å². The van der Waals surface area contributed by atoms with E-state index in [2.05, 4.69) is 9.47 Å². The van der Waals surface area contributed by atoms with Gasteiger partial charge in [-0.3, -0.25) is 4.79 Å². The second-order valence-electron chi connectivity index (χ2n) is 4.11. The van der Waals surface area contributed by atoms with Crippen molar-refractivity contribution in [3.8, 4) is 11.5 Å². The molecule has 0 radical (unpaired) electrons. The van der Waals surface area contributed by atoms with Crippen LogP contribution in [0.1, 0.15) is 25.5 Å². The van der Waals surface area contributed by atoms with Gasteiger partial charge in [-0.05, 0) is 37.1 Å². The predicted molar refractivity (Wildman–Crippen MR) is 62.0 cm³/mol. The van der Waals surface area contributed by atoms with Crippen LogP contribution in [0.2, 0.25) is 0 Å². The second-order valence-corrected chi connectivity index (χ2v) is 4.11. The Bertz CT molecular complexity index is 552. The summed E-state index contributed by atoms with van der Waals surface area (Å²) in [7, 11) is 0. The summed E-state index contributed by atoms with van der Waals surface area (Å²) in [5.74, 6) is -0.822. The molecule has 102 valence electrons. The van der Waals surface area contributed by atoms with Gasteiger partial charge in [0, 0.05) is 0 Å². The van der Waals surface area contributed by atoms with E-state index in [1.165, 1.54) is 18.2 Å². The van der Waals surface area contributed by atoms with E-state index in [1.54, 1.807) is 19.9 Å². The second kappa shape index (κ2) is 4.62. The number of aliphatic hydroxyl groups is 1. The number of rotatable bonds is 3. The van der Waals surface area contributed by atoms with Crippen LogP contribution in [0.3, 0.4) is 0 Å². The first-order valence-electron chi connectivity index (χ1n) is 5.59. The molecule has 1 aromatic rings. The Kier molecular flexibility index (Phi) is 3.28. The molecule has 1 heterocycles. The van der Waals surface area contributed by atoms with Crippen molar-refractivity contribution in [2.24, 2.45) is 0 Å². The van der Waals surface area contributed by atoms with Crippen molar-refractivity contribution in [3.63, 3.8) is 0 Å². The van der Waals surface area contributed by atoms with Crippen molar-refractivity contribution in [1.29, 1.82) is 0 Å². The van der Waals surface area contributed by atoms with Crippen molar-refractivity contribution >= 4 is 5.78 Å². The summed E-state index contributed by atoms with van der Waals surface area (Å²) in [6.07, 6.45) is -3.57. The van der Waals surface area contributed by atoms with Gasteiger partial charge in [0.05, 0.1) is 0 Å². The van der Waals surface area contributed by atoms with Gasteiger partial charge in [0.2, 0.25) is 0 Å². The predicted octanol–water partition coefficient (Wildman–Crippen LogP) is 2.58. The molecule has 0 fully saturated rings. The van der Waals surface area contributed by atoms with Crippen LogP contribution in [0.25, 0.3) is 0 Å². The number of benzene rings is 1. The molecule has 2 rings (SSSR count). The highest BCUT2D eigenvalue weighted by atomic mass is 19.3. The van der Waals surface area contributed by atoms with Crippen LogP contribution in [-0.4, -0.2) is 17.2 Å². The Labute approximate surface area is 108 Å². The van der Waals surface area contributed by atoms with Crippen LogP contribution in [0.5, 0.6) is 11.5 Å². The minimum Gasteiger partial charge on any atom is -0.395 e. The summed E-state index contributed by atoms with van der Waals surface area (Å²) in [6.45, 7) is 3.23. The quantitative estimate of drug-likeness (QED) is 0.858. The molecule has 0 spiro atoms. The molecular weight excluding hydrogens is 258 g/mol. The van der Waals surface area contributed by atoms with Crippen molar-refractivity contribution in [2.45, 2.75) is 26.2 Å². The lowest BCUT2D eigenvalue weighted by Gasteiger charge is -2.10. The fourth-order valence-electron chi connectivity index (χ4n) is 1.64. The number of allylic oxidation sites excluding steroid dienone is 1. The lowest BCUT2D eigenvalue weighted by molar-refractivity contribution is -0.286. The lowest BCUT2D eigenvalue weighted by atomic mass is 10.0. The van der Waals surface area contributed by atoms with Gasteiger partial charge in [-0.1, -0.05) is 12.1 Å². The molecule has 1 aliphatic rings. The maximum Gasteiger partial charge on any atom is 0.586 e. The summed E-state index contributed by atoms with van der Waals surface area (Å²) in [5, 5.41) is 9.88. The topological polar surface area (TPSA) is 55.8 Å². The molecule has 1 aromatic carbocycles. The number of hydrogen-bond donors (Lipinski definition) is 1. The Hall–Kier alpha value is -1.95. The fraction of sp³-hybridized carbons (Fsp3) is 0.308. The highest BCUT2D eigenvalue weighted by Crippen LogP contribution is 2.42. The van der Waals surface area contributed by atoms with Gasteiger partial charge >= 0.3 is 6.29 Å². The van der Waals surface area contributed by atoms with E-state index in [9.17, 15) is 18.7 Å². The molecule has 0 saturated heterocycles. The van der Waals surface area contributed by atoms with Crippen molar-refractivity contribution in [2.75, 3.05) is 0 Å². The molecule has 6 heteroatoms. The van der Waals surface area contributed by atoms with Crippen LogP contribution in [0.4, 0.5) is 8.78 Å². The summed E-state index contributed by atoms with van der Waals surface area (Å²) in [6, 6.07) is 3.74. The smallest absolute Gasteiger partial charge is 0.395 e. The molecule has 19 heavy (non-hydrogen) atoms. The average Bonchev–Trinajstić information content (AvgIpc) is 2.68. The molecule has 0 saturated carbocycles. The van der Waals surface area contributed by atoms with Gasteiger partial charge < -0.3 is 14.6 Å². The standard InChI is InChI=1S/C13H12F2O4/c1-3-7(2)11(16)12(17)8-4-5-9-10(6-8)19-13(14,15)18-9/h3-6,12,17H,1-2H3/b7-3+. The minimum absolute atomic E-state index is 0.129. The largest absolute Gasteiger partial charge is 0.586 e. The number of ketones is 1. The van der Waals surface area contributed by atoms with Crippen LogP contribution >= 0.6 is 0 Å². The van der Waals surface area contributed by atoms with Gasteiger partial charge in [-0.25, -0.2) is 0 Å². The molecule has 1 unspecified atom stereocenters. The summed E-state index contributed by atoms with van der Waals surface area (Å²) in [4.78, 5) is 11.8. The third kappa shape index (κ3) is 2.58. The Morgan fingerprint density at radius 2 is 2.00 bits per heavy atom. The Balaban J connectivity index is 2.27. The number of carbonyl (C=O) groups is 1. The molecule has 1 atom stereocenters. The highest BCUT2D eigenvalue weighted by Gasteiger charge is 2.43. The summed E-state index contributed by atoms with van der Waals surface area (Å²) in [5.41, 5.74) is 0.557. The highest BCUT2D eigenvalue weighted by molar-refractivity contribution is 5.98. The normalized spacial score (nSPS) is 18.3. The lowest BCUT2D eigenvalue weighted by Crippen LogP contribution is -2.25. The van der Waals surface area contributed by atoms with Gasteiger partial charge in [-0.2, -0.15) is 0 Å². The number of hydrogen-bond acceptors (Lipinski definition) is 4. The van der Waals surface area contributed by atoms with E-state index >= 15 is 0 Å². The number of fused-ring (bicyclic) bond motifs is 1. The first-order valence-corrected chi connectivity index (χ1v) is 5.59. The third-order valence-corrected chi connectivity index (χ3v) is 2.81. The van der Waals surface area contributed by atoms with Crippen LogP contribution in [-0.2, 0) is 4.79 Å². The number of carbonyl (C=O) groups excluding carboxylic acids is 1. The minimum atomic E-state index is -3.71.